The number of oxime groups is 1. The fourth-order valence-corrected chi connectivity index (χ4v) is 7.78. The van der Waals surface area contributed by atoms with Crippen molar-refractivity contribution >= 4 is 63.6 Å². The normalized spacial score (nSPS) is 19.8. The van der Waals surface area contributed by atoms with Crippen LogP contribution in [0, 0.1) is 5.82 Å². The van der Waals surface area contributed by atoms with Gasteiger partial charge in [-0.2, -0.15) is 0 Å². The molecule has 3 aliphatic rings. The number of phenols is 2. The quantitative estimate of drug-likeness (QED) is 0.0321. The van der Waals surface area contributed by atoms with Crippen molar-refractivity contribution in [3.05, 3.63) is 45.9 Å². The maximum absolute atomic E-state index is 13.8. The number of anilines is 1. The second kappa shape index (κ2) is 15.7. The van der Waals surface area contributed by atoms with Gasteiger partial charge in [0.05, 0.1) is 43.8 Å². The predicted molar refractivity (Wildman–Crippen MR) is 171 cm³/mol. The third-order valence-electron chi connectivity index (χ3n) is 8.58. The summed E-state index contributed by atoms with van der Waals surface area (Å²) in [7, 11) is 0. The summed E-state index contributed by atoms with van der Waals surface area (Å²) in [5, 5.41) is 52.5. The number of thiazole rings is 1. The number of benzene rings is 1. The molecule has 0 unspecified atom stereocenters. The number of carboxylic acids is 2. The zero-order valence-electron chi connectivity index (χ0n) is 27.8. The molecule has 17 nitrogen and oxygen atoms in total. The molecule has 21 heteroatoms. The Kier molecular flexibility index (Phi) is 12.3. The van der Waals surface area contributed by atoms with E-state index in [1.54, 1.807) is 0 Å². The molecular weight excluding hydrogens is 724 g/mol. The van der Waals surface area contributed by atoms with Crippen LogP contribution >= 0.6 is 23.1 Å². The number of nitrogens with one attached hydrogen (secondary N) is 2. The van der Waals surface area contributed by atoms with Crippen molar-refractivity contribution in [2.24, 2.45) is 5.16 Å². The molecule has 268 valence electrons. The molecule has 0 aliphatic carbocycles. The molecule has 0 radical (unpaired) electrons. The number of fused-ring (bicyclic) bond motifs is 1. The molecule has 6 N–H and O–H groups in total. The first-order valence-corrected chi connectivity index (χ1v) is 17.2. The first kappa shape index (κ1) is 39.8. The van der Waals surface area contributed by atoms with Gasteiger partial charge >= 0.3 is 29.6 Å². The number of hydrogen-bond acceptors (Lipinski definition) is 15. The molecule has 2 saturated heterocycles. The van der Waals surface area contributed by atoms with Gasteiger partial charge in [0.25, 0.3) is 17.7 Å². The Labute approximate surface area is 320 Å². The zero-order valence-corrected chi connectivity index (χ0v) is 31.4. The number of thioether (sulfide) groups is 1. The van der Waals surface area contributed by atoms with E-state index >= 15 is 0 Å². The van der Waals surface area contributed by atoms with E-state index in [2.05, 4.69) is 20.8 Å². The summed E-state index contributed by atoms with van der Waals surface area (Å²) in [5.41, 5.74) is 3.23. The summed E-state index contributed by atoms with van der Waals surface area (Å²) < 4.78 is 14.2. The molecule has 51 heavy (non-hydrogen) atoms. The van der Waals surface area contributed by atoms with Gasteiger partial charge in [-0.05, 0) is 26.0 Å². The van der Waals surface area contributed by atoms with Gasteiger partial charge in [0.15, 0.2) is 33.8 Å². The number of amides is 3. The molecular formula is C30H33FN7NaO10S2. The fourth-order valence-electron chi connectivity index (χ4n) is 5.90. The monoisotopic (exact) mass is 757 g/mol. The van der Waals surface area contributed by atoms with Crippen molar-refractivity contribution in [1.29, 1.82) is 0 Å². The topological polar surface area (TPSA) is 260 Å². The Bertz CT molecular complexity index is 1790. The largest absolute Gasteiger partial charge is 1.00 e. The van der Waals surface area contributed by atoms with Crippen LogP contribution in [0.3, 0.4) is 0 Å². The van der Waals surface area contributed by atoms with Crippen LogP contribution < -0.4 is 56.1 Å². The van der Waals surface area contributed by atoms with Gasteiger partial charge in [-0.15, -0.1) is 23.1 Å². The number of hydrogen-bond donors (Lipinski definition) is 5. The molecule has 0 bridgehead atoms. The van der Waals surface area contributed by atoms with Crippen LogP contribution in [0.25, 0.3) is 0 Å². The van der Waals surface area contributed by atoms with Crippen molar-refractivity contribution in [1.82, 2.24) is 20.5 Å². The molecule has 2 fully saturated rings. The summed E-state index contributed by atoms with van der Waals surface area (Å²) >= 11 is 2.21. The molecule has 2 atom stereocenters. The molecule has 3 aliphatic heterocycles. The molecule has 1 aromatic heterocycles. The van der Waals surface area contributed by atoms with Crippen LogP contribution in [0.4, 0.5) is 9.52 Å². The van der Waals surface area contributed by atoms with Crippen LogP contribution in [0.1, 0.15) is 42.7 Å². The molecule has 0 spiro atoms. The predicted octanol–water partition coefficient (Wildman–Crippen LogP) is -5.03. The van der Waals surface area contributed by atoms with Crippen molar-refractivity contribution in [2.45, 2.75) is 43.7 Å². The van der Waals surface area contributed by atoms with Gasteiger partial charge in [-0.1, -0.05) is 5.16 Å². The number of quaternary nitrogens is 1. The maximum Gasteiger partial charge on any atom is 1.00 e. The number of nitrogen functional groups attached to an aromatic ring is 1. The maximum atomic E-state index is 13.8. The number of nitrogens with two attached hydrogens (primary N) is 1. The SMILES string of the molecule is CC(C)(O/N=C(\C(=O)N[C@@H]1C(=O)N2C(C(=O)[O-])=C(C[N+]3(CCNC(=O)c4cc(O)c(O)c(F)c4)CCCC3)CS[C@H]12)c1csc(N)n1)C(=O)[O-].[Na+]. The number of carboxylic acid groups (broad SMARTS) is 2. The number of halogens is 1. The van der Waals surface area contributed by atoms with E-state index in [-0.39, 0.29) is 70.5 Å². The summed E-state index contributed by atoms with van der Waals surface area (Å²) in [6, 6.07) is 0.563. The van der Waals surface area contributed by atoms with E-state index in [1.807, 2.05) is 0 Å². The number of carbonyl (C=O) groups is 5. The summed E-state index contributed by atoms with van der Waals surface area (Å²) in [6.45, 7) is 4.38. The minimum atomic E-state index is -1.92. The second-order valence-electron chi connectivity index (χ2n) is 12.5. The number of rotatable bonds is 13. The van der Waals surface area contributed by atoms with Gasteiger partial charge in [0, 0.05) is 35.1 Å². The van der Waals surface area contributed by atoms with Crippen LogP contribution in [0.15, 0.2) is 33.9 Å². The number of aliphatic carboxylic acids is 2. The molecule has 2 aromatic rings. The van der Waals surface area contributed by atoms with E-state index in [9.17, 15) is 48.8 Å². The molecule has 4 heterocycles. The number of carbonyl (C=O) groups excluding carboxylic acids is 5. The number of phenolic OH excluding ortho intramolecular Hbond substituents is 2. The van der Waals surface area contributed by atoms with Gasteiger partial charge in [-0.3, -0.25) is 19.3 Å². The number of aromatic hydroxyl groups is 2. The molecule has 1 aromatic carbocycles. The minimum absolute atomic E-state index is 0. The minimum Gasteiger partial charge on any atom is -0.546 e. The fraction of sp³-hybridized carbons (Fsp3) is 0.433. The van der Waals surface area contributed by atoms with Gasteiger partial charge < -0.3 is 55.7 Å². The third kappa shape index (κ3) is 8.41. The van der Waals surface area contributed by atoms with Crippen LogP contribution in [0.2, 0.25) is 0 Å². The summed E-state index contributed by atoms with van der Waals surface area (Å²) in [5.74, 6) is -8.22. The van der Waals surface area contributed by atoms with Crippen molar-refractivity contribution in [2.75, 3.05) is 44.2 Å². The van der Waals surface area contributed by atoms with E-state index in [0.717, 1.165) is 55.1 Å². The van der Waals surface area contributed by atoms with Gasteiger partial charge in [-0.25, -0.2) is 9.37 Å². The number of nitrogens with zero attached hydrogens (tertiary/aromatic N) is 4. The van der Waals surface area contributed by atoms with E-state index in [1.165, 1.54) is 17.1 Å². The molecule has 3 amide bonds. The van der Waals surface area contributed by atoms with Gasteiger partial charge in [0.1, 0.15) is 23.7 Å². The Morgan fingerprint density at radius 3 is 2.49 bits per heavy atom. The molecule has 5 rings (SSSR count). The van der Waals surface area contributed by atoms with E-state index < -0.39 is 69.7 Å². The second-order valence-corrected chi connectivity index (χ2v) is 14.5. The Morgan fingerprint density at radius 1 is 1.22 bits per heavy atom. The average Bonchev–Trinajstić information content (AvgIpc) is 3.70. The molecule has 0 saturated carbocycles. The first-order valence-electron chi connectivity index (χ1n) is 15.3. The number of likely N-dealkylation sites (tertiary alicyclic amines) is 1. The average molecular weight is 758 g/mol. The number of aromatic nitrogens is 1. The number of β-lactam (4-membered cyclic amide) rings is 1. The Hall–Kier alpha value is -3.95. The van der Waals surface area contributed by atoms with Crippen molar-refractivity contribution < 1.29 is 87.7 Å². The third-order valence-corrected chi connectivity index (χ3v) is 10.6. The standard InChI is InChI=1S/C30H34FN7O10S2.Na/c1-30(2,28(46)47)48-36-19(17-13-50-29(32)34-17)24(42)35-20-25(43)37-21(27(44)45)15(12-49-26(20)37)11-38(6-3-4-7-38)8-5-33-23(41)14-9-16(31)22(40)18(39)10-14;/h9-10,13,20,26H,3-8,11-12H2,1-2H3,(H7-,32,33,34,35,36,39,40,41,42,44,45,46,47);/q;+1/p-1/t20-,26-;/m1./s1. The summed E-state index contributed by atoms with van der Waals surface area (Å²) in [6.07, 6.45) is 1.67. The first-order chi connectivity index (χ1) is 23.5. The van der Waals surface area contributed by atoms with Crippen molar-refractivity contribution in [3.8, 4) is 11.5 Å². The summed E-state index contributed by atoms with van der Waals surface area (Å²) in [4.78, 5) is 73.4. The van der Waals surface area contributed by atoms with Crippen LogP contribution in [-0.4, -0.2) is 115 Å². The smallest absolute Gasteiger partial charge is 0.546 e. The Morgan fingerprint density at radius 2 is 1.90 bits per heavy atom. The Balaban J connectivity index is 0.00000583. The van der Waals surface area contributed by atoms with E-state index in [0.29, 0.717) is 29.7 Å². The van der Waals surface area contributed by atoms with E-state index in [4.69, 9.17) is 10.6 Å². The van der Waals surface area contributed by atoms with Gasteiger partial charge in [0.2, 0.25) is 0 Å². The van der Waals surface area contributed by atoms with Crippen LogP contribution in [-0.2, 0) is 24.0 Å². The zero-order chi connectivity index (χ0) is 36.5. The van der Waals surface area contributed by atoms with Crippen LogP contribution in [0.5, 0.6) is 11.5 Å². The van der Waals surface area contributed by atoms with Crippen molar-refractivity contribution in [3.63, 3.8) is 0 Å².